The van der Waals surface area contributed by atoms with Gasteiger partial charge in [-0.1, -0.05) is 0 Å². The first-order valence-corrected chi connectivity index (χ1v) is 6.59. The van der Waals surface area contributed by atoms with Gasteiger partial charge in [-0.05, 0) is 33.1 Å². The summed E-state index contributed by atoms with van der Waals surface area (Å²) in [7, 11) is 0. The molecule has 2 atom stereocenters. The quantitative estimate of drug-likeness (QED) is 0.852. The number of carbonyl (C=O) groups is 2. The van der Waals surface area contributed by atoms with Gasteiger partial charge in [-0.3, -0.25) is 14.3 Å². The lowest BCUT2D eigenvalue weighted by Gasteiger charge is -2.19. The maximum absolute atomic E-state index is 12.2. The maximum atomic E-state index is 12.2. The van der Waals surface area contributed by atoms with Crippen LogP contribution in [0.3, 0.4) is 0 Å². The highest BCUT2D eigenvalue weighted by molar-refractivity contribution is 5.95. The van der Waals surface area contributed by atoms with Crippen LogP contribution in [0.1, 0.15) is 42.7 Å². The first kappa shape index (κ1) is 13.6. The van der Waals surface area contributed by atoms with Crippen LogP contribution < -0.4 is 5.32 Å². The van der Waals surface area contributed by atoms with Gasteiger partial charge in [-0.15, -0.1) is 0 Å². The summed E-state index contributed by atoms with van der Waals surface area (Å²) in [5.41, 5.74) is 1.53. The van der Waals surface area contributed by atoms with Crippen LogP contribution in [0, 0.1) is 5.92 Å². The molecular formula is C13H19N3O3. The number of carboxylic acids is 1. The molecule has 1 aliphatic heterocycles. The zero-order valence-electron chi connectivity index (χ0n) is 11.2. The molecule has 2 heterocycles. The van der Waals surface area contributed by atoms with Crippen molar-refractivity contribution < 1.29 is 14.7 Å². The van der Waals surface area contributed by atoms with E-state index >= 15 is 0 Å². The summed E-state index contributed by atoms with van der Waals surface area (Å²) in [5, 5.41) is 15.9. The lowest BCUT2D eigenvalue weighted by Crippen LogP contribution is -2.40. The molecule has 1 aromatic heterocycles. The van der Waals surface area contributed by atoms with Crippen molar-refractivity contribution in [2.75, 3.05) is 0 Å². The lowest BCUT2D eigenvalue weighted by atomic mass is 10.0. The van der Waals surface area contributed by atoms with E-state index in [1.165, 1.54) is 0 Å². The monoisotopic (exact) mass is 265 g/mol. The molecule has 1 amide bonds. The Kier molecular flexibility index (Phi) is 3.87. The molecule has 0 radical (unpaired) electrons. The van der Waals surface area contributed by atoms with Gasteiger partial charge >= 0.3 is 5.97 Å². The van der Waals surface area contributed by atoms with Gasteiger partial charge in [0.05, 0.1) is 23.4 Å². The van der Waals surface area contributed by atoms with Gasteiger partial charge in [0, 0.05) is 12.6 Å². The highest BCUT2D eigenvalue weighted by atomic mass is 16.4. The SMILES string of the molecule is CC(NC(=O)c1cnn2c1CCCC2)C(C)C(=O)O. The summed E-state index contributed by atoms with van der Waals surface area (Å²) in [4.78, 5) is 23.0. The van der Waals surface area contributed by atoms with E-state index in [4.69, 9.17) is 5.11 Å². The Morgan fingerprint density at radius 1 is 1.42 bits per heavy atom. The van der Waals surface area contributed by atoms with Gasteiger partial charge in [0.2, 0.25) is 0 Å². The Morgan fingerprint density at radius 3 is 2.84 bits per heavy atom. The summed E-state index contributed by atoms with van der Waals surface area (Å²) in [5.74, 6) is -1.76. The molecular weight excluding hydrogens is 246 g/mol. The number of carboxylic acid groups (broad SMARTS) is 1. The molecule has 0 bridgehead atoms. The molecule has 6 nitrogen and oxygen atoms in total. The maximum Gasteiger partial charge on any atom is 0.308 e. The predicted octanol–water partition coefficient (Wildman–Crippen LogP) is 1.06. The van der Waals surface area contributed by atoms with Crippen LogP contribution in [0.15, 0.2) is 6.20 Å². The fraction of sp³-hybridized carbons (Fsp3) is 0.615. The van der Waals surface area contributed by atoms with Crippen LogP contribution in [0.5, 0.6) is 0 Å². The van der Waals surface area contributed by atoms with E-state index < -0.39 is 17.9 Å². The summed E-state index contributed by atoms with van der Waals surface area (Å²) >= 11 is 0. The minimum absolute atomic E-state index is 0.233. The van der Waals surface area contributed by atoms with E-state index in [0.29, 0.717) is 5.56 Å². The van der Waals surface area contributed by atoms with E-state index in [2.05, 4.69) is 10.4 Å². The Morgan fingerprint density at radius 2 is 2.16 bits per heavy atom. The number of fused-ring (bicyclic) bond motifs is 1. The molecule has 0 fully saturated rings. The lowest BCUT2D eigenvalue weighted by molar-refractivity contribution is -0.141. The minimum Gasteiger partial charge on any atom is -0.481 e. The van der Waals surface area contributed by atoms with E-state index in [1.807, 2.05) is 4.68 Å². The van der Waals surface area contributed by atoms with Crippen molar-refractivity contribution >= 4 is 11.9 Å². The molecule has 2 N–H and O–H groups in total. The largest absolute Gasteiger partial charge is 0.481 e. The van der Waals surface area contributed by atoms with Crippen molar-refractivity contribution in [3.05, 3.63) is 17.5 Å². The minimum atomic E-state index is -0.912. The highest BCUT2D eigenvalue weighted by Gasteiger charge is 2.24. The average Bonchev–Trinajstić information content (AvgIpc) is 2.81. The Balaban J connectivity index is 2.08. The number of aliphatic carboxylic acids is 1. The molecule has 1 aliphatic rings. The molecule has 2 rings (SSSR count). The van der Waals surface area contributed by atoms with Crippen molar-refractivity contribution in [1.82, 2.24) is 15.1 Å². The van der Waals surface area contributed by atoms with Gasteiger partial charge in [0.15, 0.2) is 0 Å². The number of amides is 1. The highest BCUT2D eigenvalue weighted by Crippen LogP contribution is 2.18. The molecule has 0 saturated heterocycles. The number of aromatic nitrogens is 2. The molecule has 2 unspecified atom stereocenters. The first-order valence-electron chi connectivity index (χ1n) is 6.59. The van der Waals surface area contributed by atoms with Crippen molar-refractivity contribution in [2.45, 2.75) is 45.7 Å². The van der Waals surface area contributed by atoms with E-state index in [1.54, 1.807) is 20.0 Å². The van der Waals surface area contributed by atoms with Crippen LogP contribution in [0.25, 0.3) is 0 Å². The van der Waals surface area contributed by atoms with Gasteiger partial charge in [-0.25, -0.2) is 0 Å². The average molecular weight is 265 g/mol. The van der Waals surface area contributed by atoms with Crippen LogP contribution in [0.4, 0.5) is 0 Å². The van der Waals surface area contributed by atoms with Gasteiger partial charge in [0.25, 0.3) is 5.91 Å². The van der Waals surface area contributed by atoms with Crippen molar-refractivity contribution in [2.24, 2.45) is 5.92 Å². The molecule has 0 saturated carbocycles. The second-order valence-electron chi connectivity index (χ2n) is 5.07. The number of nitrogens with one attached hydrogen (secondary N) is 1. The van der Waals surface area contributed by atoms with Crippen LogP contribution in [0.2, 0.25) is 0 Å². The van der Waals surface area contributed by atoms with Crippen molar-refractivity contribution in [1.29, 1.82) is 0 Å². The van der Waals surface area contributed by atoms with Crippen LogP contribution in [-0.4, -0.2) is 32.8 Å². The summed E-state index contributed by atoms with van der Waals surface area (Å²) in [6.45, 7) is 4.14. The Labute approximate surface area is 111 Å². The number of hydrogen-bond acceptors (Lipinski definition) is 3. The fourth-order valence-corrected chi connectivity index (χ4v) is 2.23. The second-order valence-corrected chi connectivity index (χ2v) is 5.07. The topological polar surface area (TPSA) is 84.2 Å². The number of carbonyl (C=O) groups excluding carboxylic acids is 1. The number of aryl methyl sites for hydroxylation is 1. The first-order chi connectivity index (χ1) is 9.00. The zero-order valence-corrected chi connectivity index (χ0v) is 11.2. The predicted molar refractivity (Wildman–Crippen MR) is 68.9 cm³/mol. The van der Waals surface area contributed by atoms with Crippen molar-refractivity contribution in [3.8, 4) is 0 Å². The molecule has 1 aromatic rings. The summed E-state index contributed by atoms with van der Waals surface area (Å²) in [6.07, 6.45) is 4.58. The third-order valence-electron chi connectivity index (χ3n) is 3.73. The Hall–Kier alpha value is -1.85. The standard InChI is InChI=1S/C13H19N3O3/c1-8(13(18)19)9(2)15-12(17)10-7-14-16-6-4-3-5-11(10)16/h7-9H,3-6H2,1-2H3,(H,15,17)(H,18,19). The van der Waals surface area contributed by atoms with Gasteiger partial charge in [0.1, 0.15) is 0 Å². The fourth-order valence-electron chi connectivity index (χ4n) is 2.23. The number of hydrogen-bond donors (Lipinski definition) is 2. The van der Waals surface area contributed by atoms with Crippen molar-refractivity contribution in [3.63, 3.8) is 0 Å². The molecule has 0 spiro atoms. The van der Waals surface area contributed by atoms with Gasteiger partial charge < -0.3 is 10.4 Å². The van der Waals surface area contributed by atoms with Crippen LogP contribution in [-0.2, 0) is 17.8 Å². The summed E-state index contributed by atoms with van der Waals surface area (Å²) in [6, 6.07) is -0.413. The van der Waals surface area contributed by atoms with Gasteiger partial charge in [-0.2, -0.15) is 5.10 Å². The third kappa shape index (κ3) is 2.77. The van der Waals surface area contributed by atoms with E-state index in [9.17, 15) is 9.59 Å². The number of rotatable bonds is 4. The third-order valence-corrected chi connectivity index (χ3v) is 3.73. The van der Waals surface area contributed by atoms with E-state index in [-0.39, 0.29) is 5.91 Å². The molecule has 6 heteroatoms. The van der Waals surface area contributed by atoms with Crippen LogP contribution >= 0.6 is 0 Å². The number of nitrogens with zero attached hydrogens (tertiary/aromatic N) is 2. The van der Waals surface area contributed by atoms with E-state index in [0.717, 1.165) is 31.5 Å². The molecule has 0 aromatic carbocycles. The normalized spacial score (nSPS) is 17.4. The molecule has 19 heavy (non-hydrogen) atoms. The summed E-state index contributed by atoms with van der Waals surface area (Å²) < 4.78 is 1.86. The molecule has 0 aliphatic carbocycles. The Bertz CT molecular complexity index is 495. The zero-order chi connectivity index (χ0) is 14.0. The smallest absolute Gasteiger partial charge is 0.308 e. The second kappa shape index (κ2) is 5.42. The molecule has 104 valence electrons.